The van der Waals surface area contributed by atoms with Gasteiger partial charge in [-0.05, 0) is 64.2 Å². The maximum atomic E-state index is 12.3. The Labute approximate surface area is 304 Å². The van der Waals surface area contributed by atoms with Gasteiger partial charge in [0.2, 0.25) is 0 Å². The van der Waals surface area contributed by atoms with Crippen LogP contribution in [0.5, 0.6) is 0 Å². The molecule has 1 atom stereocenters. The summed E-state index contributed by atoms with van der Waals surface area (Å²) in [5.74, 6) is -4.62. The van der Waals surface area contributed by atoms with Crippen LogP contribution in [0.1, 0.15) is 200 Å². The molecule has 0 aromatic rings. The average Bonchev–Trinajstić information content (AvgIpc) is 3.06. The summed E-state index contributed by atoms with van der Waals surface area (Å²) < 4.78 is 42.2. The second-order valence-electron chi connectivity index (χ2n) is 13.5. The quantitative estimate of drug-likeness (QED) is 0.0225. The predicted molar refractivity (Wildman–Crippen MR) is 201 cm³/mol. The highest BCUT2D eigenvalue weighted by Gasteiger charge is 2.37. The number of allylic oxidation sites excluding steroid dienone is 4. The largest absolute Gasteiger partial charge is 0.393 e. The van der Waals surface area contributed by atoms with Crippen molar-refractivity contribution in [2.75, 3.05) is 0 Å². The van der Waals surface area contributed by atoms with Gasteiger partial charge >= 0.3 is 23.9 Å². The molecule has 1 N–H and O–H groups in total. The Morgan fingerprint density at radius 3 is 1.16 bits per heavy atom. The van der Waals surface area contributed by atoms with E-state index < -0.39 is 45.7 Å². The first-order chi connectivity index (χ1) is 24.1. The highest BCUT2D eigenvalue weighted by molar-refractivity contribution is 7.87. The summed E-state index contributed by atoms with van der Waals surface area (Å²) >= 11 is 0. The number of hydrogen-bond acceptors (Lipinski definition) is 8. The fourth-order valence-corrected chi connectivity index (χ4v) is 6.23. The van der Waals surface area contributed by atoms with Gasteiger partial charge in [0.15, 0.2) is 5.25 Å². The minimum Gasteiger partial charge on any atom is -0.393 e. The van der Waals surface area contributed by atoms with E-state index in [0.717, 1.165) is 77.0 Å². The Morgan fingerprint density at radius 1 is 0.480 bits per heavy atom. The van der Waals surface area contributed by atoms with Crippen LogP contribution in [0, 0.1) is 0 Å². The second-order valence-corrected chi connectivity index (χ2v) is 15.1. The highest BCUT2D eigenvalue weighted by atomic mass is 32.2. The molecular formula is C40H70O9S. The van der Waals surface area contributed by atoms with Crippen molar-refractivity contribution < 1.29 is 41.6 Å². The zero-order valence-corrected chi connectivity index (χ0v) is 32.3. The first-order valence-corrected chi connectivity index (χ1v) is 21.4. The predicted octanol–water partition coefficient (Wildman–Crippen LogP) is 10.8. The molecule has 0 aromatic carbocycles. The molecule has 9 nitrogen and oxygen atoms in total. The fraction of sp³-hybridized carbons (Fsp3) is 0.800. The van der Waals surface area contributed by atoms with Gasteiger partial charge in [-0.2, -0.15) is 8.42 Å². The van der Waals surface area contributed by atoms with Crippen LogP contribution in [0.25, 0.3) is 0 Å². The number of carbonyl (C=O) groups excluding carboxylic acids is 4. The third-order valence-electron chi connectivity index (χ3n) is 8.70. The molecule has 0 aliphatic carbocycles. The minimum absolute atomic E-state index is 0.0284. The molecule has 1 unspecified atom stereocenters. The second kappa shape index (κ2) is 33.8. The molecule has 290 valence electrons. The van der Waals surface area contributed by atoms with Gasteiger partial charge in [-0.1, -0.05) is 141 Å². The highest BCUT2D eigenvalue weighted by Crippen LogP contribution is 2.14. The van der Waals surface area contributed by atoms with Crippen LogP contribution < -0.4 is 0 Å². The van der Waals surface area contributed by atoms with Crippen LogP contribution in [-0.2, 0) is 38.8 Å². The molecule has 0 saturated heterocycles. The van der Waals surface area contributed by atoms with E-state index in [-0.39, 0.29) is 12.8 Å². The van der Waals surface area contributed by atoms with Gasteiger partial charge in [0.25, 0.3) is 10.1 Å². The molecule has 0 bridgehead atoms. The van der Waals surface area contributed by atoms with Gasteiger partial charge in [0, 0.05) is 12.8 Å². The Hall–Kier alpha value is -2.33. The Morgan fingerprint density at radius 2 is 0.800 bits per heavy atom. The number of carbonyl (C=O) groups is 4. The summed E-state index contributed by atoms with van der Waals surface area (Å²) in [4.78, 5) is 48.6. The molecule has 0 fully saturated rings. The first-order valence-electron chi connectivity index (χ1n) is 19.9. The maximum absolute atomic E-state index is 12.3. The van der Waals surface area contributed by atoms with Crippen molar-refractivity contribution in [2.45, 2.75) is 205 Å². The topological polar surface area (TPSA) is 141 Å². The summed E-state index contributed by atoms with van der Waals surface area (Å²) in [6, 6.07) is 0. The summed E-state index contributed by atoms with van der Waals surface area (Å²) in [5, 5.41) is -2.35. The van der Waals surface area contributed by atoms with Crippen molar-refractivity contribution in [2.24, 2.45) is 0 Å². The molecule has 0 aliphatic rings. The van der Waals surface area contributed by atoms with Crippen molar-refractivity contribution in [3.8, 4) is 0 Å². The SMILES string of the molecule is CCCCCCCC/C=C\CCCCCCCC(=O)OC(=O)CC(C(=O)OC(=O)CCCCCCC/C=C\CCCCCCCC)S(=O)(=O)O. The molecule has 10 heteroatoms. The first kappa shape index (κ1) is 47.7. The lowest BCUT2D eigenvalue weighted by molar-refractivity contribution is -0.165. The van der Waals surface area contributed by atoms with Crippen LogP contribution in [-0.4, -0.2) is 42.1 Å². The van der Waals surface area contributed by atoms with Crippen molar-refractivity contribution in [3.63, 3.8) is 0 Å². The fourth-order valence-electron chi connectivity index (χ4n) is 5.59. The van der Waals surface area contributed by atoms with E-state index in [1.807, 2.05) is 0 Å². The Kier molecular flexibility index (Phi) is 32.2. The van der Waals surface area contributed by atoms with Gasteiger partial charge in [-0.25, -0.2) is 0 Å². The van der Waals surface area contributed by atoms with Crippen LogP contribution in [0.4, 0.5) is 0 Å². The molecule has 0 saturated carbocycles. The summed E-state index contributed by atoms with van der Waals surface area (Å²) in [5.41, 5.74) is 0. The summed E-state index contributed by atoms with van der Waals surface area (Å²) in [6.45, 7) is 4.45. The number of esters is 4. The normalized spacial score (nSPS) is 12.5. The van der Waals surface area contributed by atoms with Gasteiger partial charge in [-0.3, -0.25) is 23.7 Å². The van der Waals surface area contributed by atoms with E-state index in [4.69, 9.17) is 0 Å². The third-order valence-corrected chi connectivity index (χ3v) is 9.78. The van der Waals surface area contributed by atoms with E-state index in [1.165, 1.54) is 77.0 Å². The zero-order chi connectivity index (χ0) is 37.1. The van der Waals surface area contributed by atoms with E-state index in [9.17, 15) is 32.1 Å². The number of rotatable bonds is 34. The molecule has 50 heavy (non-hydrogen) atoms. The molecular weight excluding hydrogens is 656 g/mol. The molecule has 0 aliphatic heterocycles. The van der Waals surface area contributed by atoms with Gasteiger partial charge in [0.1, 0.15) is 0 Å². The molecule has 0 aromatic heterocycles. The van der Waals surface area contributed by atoms with E-state index in [0.29, 0.717) is 12.8 Å². The Balaban J connectivity index is 4.05. The maximum Gasteiger partial charge on any atom is 0.335 e. The molecule has 0 amide bonds. The number of unbranched alkanes of at least 4 members (excludes halogenated alkanes) is 22. The van der Waals surface area contributed by atoms with Crippen molar-refractivity contribution in [1.29, 1.82) is 0 Å². The van der Waals surface area contributed by atoms with Crippen LogP contribution >= 0.6 is 0 Å². The standard InChI is InChI=1S/C40H70O9S/c1-3-5-7-9-11-13-15-17-19-21-23-25-27-29-31-33-37(41)48-39(43)35-36(50(45,46)47)40(44)49-38(42)34-32-30-28-26-24-22-20-18-16-14-12-10-8-6-4-2/h17-20,36H,3-16,21-35H2,1-2H3,(H,45,46,47)/b19-17-,20-18-. The molecule has 0 radical (unpaired) electrons. The van der Waals surface area contributed by atoms with Crippen LogP contribution in [0.2, 0.25) is 0 Å². The van der Waals surface area contributed by atoms with Crippen molar-refractivity contribution in [3.05, 3.63) is 24.3 Å². The zero-order valence-electron chi connectivity index (χ0n) is 31.5. The molecule has 0 heterocycles. The lowest BCUT2D eigenvalue weighted by atomic mass is 10.1. The third kappa shape index (κ3) is 31.6. The van der Waals surface area contributed by atoms with E-state index in [2.05, 4.69) is 47.6 Å². The van der Waals surface area contributed by atoms with E-state index in [1.54, 1.807) is 0 Å². The molecule has 0 spiro atoms. The number of ether oxygens (including phenoxy) is 2. The smallest absolute Gasteiger partial charge is 0.335 e. The van der Waals surface area contributed by atoms with Gasteiger partial charge in [-0.15, -0.1) is 0 Å². The van der Waals surface area contributed by atoms with Crippen LogP contribution in [0.3, 0.4) is 0 Å². The lowest BCUT2D eigenvalue weighted by Gasteiger charge is -2.12. The molecule has 0 rings (SSSR count). The summed E-state index contributed by atoms with van der Waals surface area (Å²) in [7, 11) is -5.08. The van der Waals surface area contributed by atoms with Crippen molar-refractivity contribution in [1.82, 2.24) is 0 Å². The Bertz CT molecular complexity index is 1050. The van der Waals surface area contributed by atoms with Crippen molar-refractivity contribution >= 4 is 34.0 Å². The monoisotopic (exact) mass is 726 g/mol. The average molecular weight is 727 g/mol. The minimum atomic E-state index is -5.08. The van der Waals surface area contributed by atoms with Gasteiger partial charge < -0.3 is 9.47 Å². The van der Waals surface area contributed by atoms with Gasteiger partial charge in [0.05, 0.1) is 6.42 Å². The van der Waals surface area contributed by atoms with Crippen LogP contribution in [0.15, 0.2) is 24.3 Å². The van der Waals surface area contributed by atoms with E-state index >= 15 is 0 Å². The lowest BCUT2D eigenvalue weighted by Crippen LogP contribution is -2.36. The number of hydrogen-bond donors (Lipinski definition) is 1. The summed E-state index contributed by atoms with van der Waals surface area (Å²) in [6.07, 6.45) is 36.1.